The highest BCUT2D eigenvalue weighted by atomic mass is 79.9. The number of hydrogen-bond acceptors (Lipinski definition) is 4. The van der Waals surface area contributed by atoms with Gasteiger partial charge in [0.1, 0.15) is 0 Å². The minimum atomic E-state index is -1.04. The summed E-state index contributed by atoms with van der Waals surface area (Å²) >= 11 is 9.81. The van der Waals surface area contributed by atoms with Crippen LogP contribution in [0.4, 0.5) is 0 Å². The molecule has 1 aromatic carbocycles. The lowest BCUT2D eigenvalue weighted by Gasteiger charge is -2.25. The van der Waals surface area contributed by atoms with Gasteiger partial charge in [-0.2, -0.15) is 0 Å². The molecule has 5 nitrogen and oxygen atoms in total. The lowest BCUT2D eigenvalue weighted by molar-refractivity contribution is -0.139. The minimum absolute atomic E-state index is 0.140. The summed E-state index contributed by atoms with van der Waals surface area (Å²) in [6.45, 7) is 3.53. The number of carboxylic acid groups (broad SMARTS) is 1. The molecule has 2 atom stereocenters. The number of hydrogen-bond donors (Lipinski definition) is 1. The average Bonchev–Trinajstić information content (AvgIpc) is 2.87. The van der Waals surface area contributed by atoms with Gasteiger partial charge in [0.05, 0.1) is 6.10 Å². The molecule has 2 unspecified atom stereocenters. The van der Waals surface area contributed by atoms with E-state index in [2.05, 4.69) is 27.8 Å². The first-order chi connectivity index (χ1) is 12.3. The van der Waals surface area contributed by atoms with Crippen molar-refractivity contribution < 1.29 is 19.4 Å². The van der Waals surface area contributed by atoms with E-state index in [0.29, 0.717) is 10.9 Å². The van der Waals surface area contributed by atoms with E-state index < -0.39 is 17.1 Å². The van der Waals surface area contributed by atoms with Crippen LogP contribution in [-0.2, 0) is 14.0 Å². The predicted molar refractivity (Wildman–Crippen MR) is 102 cm³/mol. The maximum Gasteiger partial charge on any atom is 0.341 e. The Morgan fingerprint density at radius 1 is 1.42 bits per heavy atom. The second kappa shape index (κ2) is 7.55. The van der Waals surface area contributed by atoms with Crippen molar-refractivity contribution in [3.05, 3.63) is 57.7 Å². The Labute approximate surface area is 165 Å². The number of alkyl halides is 1. The molecule has 1 aromatic heterocycles. The topological polar surface area (TPSA) is 68.7 Å². The van der Waals surface area contributed by atoms with Gasteiger partial charge in [0.2, 0.25) is 5.88 Å². The number of carbonyl (C=O) groups is 1. The zero-order chi connectivity index (χ0) is 18.9. The lowest BCUT2D eigenvalue weighted by atomic mass is 9.95. The maximum atomic E-state index is 10.8. The largest absolute Gasteiger partial charge is 0.479 e. The fraction of sp³-hybridized carbons (Fsp3) is 0.368. The summed E-state index contributed by atoms with van der Waals surface area (Å²) in [4.78, 5) is 15.2. The number of pyridine rings is 1. The first kappa shape index (κ1) is 19.1. The second-order valence-electron chi connectivity index (χ2n) is 6.19. The van der Waals surface area contributed by atoms with E-state index in [-0.39, 0.29) is 6.10 Å². The average molecular weight is 441 g/mol. The van der Waals surface area contributed by atoms with Gasteiger partial charge < -0.3 is 14.6 Å². The molecule has 7 heteroatoms. The van der Waals surface area contributed by atoms with E-state index >= 15 is 0 Å². The molecule has 1 aliphatic heterocycles. The van der Waals surface area contributed by atoms with Crippen molar-refractivity contribution in [2.75, 3.05) is 6.61 Å². The number of benzene rings is 1. The summed E-state index contributed by atoms with van der Waals surface area (Å²) < 4.78 is 10.9. The highest BCUT2D eigenvalue weighted by molar-refractivity contribution is 9.09. The van der Waals surface area contributed by atoms with Gasteiger partial charge in [0.25, 0.3) is 0 Å². The van der Waals surface area contributed by atoms with Crippen molar-refractivity contribution in [1.82, 2.24) is 4.98 Å². The van der Waals surface area contributed by atoms with Crippen LogP contribution < -0.4 is 4.74 Å². The smallest absolute Gasteiger partial charge is 0.341 e. The van der Waals surface area contributed by atoms with Crippen molar-refractivity contribution in [3.8, 4) is 5.88 Å². The maximum absolute atomic E-state index is 10.8. The molecule has 0 saturated carbocycles. The SMILES string of the molecule is CCCC1OC(Br)(c2ccc(Cl)cc2)c2c1cc(OCC(=O)O)nc2C. The van der Waals surface area contributed by atoms with Crippen LogP contribution >= 0.6 is 27.5 Å². The van der Waals surface area contributed by atoms with Gasteiger partial charge in [0, 0.05) is 22.3 Å². The predicted octanol–water partition coefficient (Wildman–Crippen LogP) is 4.97. The lowest BCUT2D eigenvalue weighted by Crippen LogP contribution is -2.20. The fourth-order valence-electron chi connectivity index (χ4n) is 3.22. The summed E-state index contributed by atoms with van der Waals surface area (Å²) in [6, 6.07) is 9.27. The standard InChI is InChI=1S/C19H19BrClNO4/c1-3-4-15-14-9-16(25-10-17(23)24)22-11(2)18(14)19(20,26-15)12-5-7-13(21)8-6-12/h5-9,15H,3-4,10H2,1-2H3,(H,23,24). The van der Waals surface area contributed by atoms with Gasteiger partial charge in [-0.1, -0.05) is 37.1 Å². The molecule has 1 N–H and O–H groups in total. The summed E-state index contributed by atoms with van der Waals surface area (Å²) in [5, 5.41) is 9.49. The van der Waals surface area contributed by atoms with Crippen LogP contribution in [0.2, 0.25) is 5.02 Å². The Hall–Kier alpha value is -1.63. The molecule has 138 valence electrons. The molecule has 1 aliphatic rings. The van der Waals surface area contributed by atoms with Crippen LogP contribution in [0.15, 0.2) is 30.3 Å². The van der Waals surface area contributed by atoms with Crippen LogP contribution in [0.5, 0.6) is 5.88 Å². The molecule has 0 saturated heterocycles. The molecule has 0 radical (unpaired) electrons. The second-order valence-corrected chi connectivity index (χ2v) is 7.74. The van der Waals surface area contributed by atoms with Gasteiger partial charge in [-0.05, 0) is 52.5 Å². The molecule has 0 fully saturated rings. The monoisotopic (exact) mass is 439 g/mol. The van der Waals surface area contributed by atoms with Crippen LogP contribution in [0, 0.1) is 6.92 Å². The van der Waals surface area contributed by atoms with Crippen LogP contribution in [0.3, 0.4) is 0 Å². The number of carboxylic acids is 1. The number of halogens is 2. The molecule has 3 rings (SSSR count). The Kier molecular flexibility index (Phi) is 5.55. The number of rotatable bonds is 6. The number of fused-ring (bicyclic) bond motifs is 1. The first-order valence-electron chi connectivity index (χ1n) is 8.34. The van der Waals surface area contributed by atoms with Gasteiger partial charge in [-0.25, -0.2) is 9.78 Å². The zero-order valence-electron chi connectivity index (χ0n) is 14.5. The third kappa shape index (κ3) is 3.59. The fourth-order valence-corrected chi connectivity index (χ4v) is 4.35. The minimum Gasteiger partial charge on any atom is -0.479 e. The zero-order valence-corrected chi connectivity index (χ0v) is 16.8. The van der Waals surface area contributed by atoms with Crippen molar-refractivity contribution in [2.24, 2.45) is 0 Å². The Bertz CT molecular complexity index is 827. The molecular weight excluding hydrogens is 422 g/mol. The number of ether oxygens (including phenoxy) is 2. The number of aromatic nitrogens is 1. The van der Waals surface area contributed by atoms with E-state index in [1.165, 1.54) is 0 Å². The van der Waals surface area contributed by atoms with Crippen LogP contribution in [0.25, 0.3) is 0 Å². The van der Waals surface area contributed by atoms with E-state index in [9.17, 15) is 4.79 Å². The van der Waals surface area contributed by atoms with E-state index in [1.54, 1.807) is 6.07 Å². The van der Waals surface area contributed by atoms with Crippen molar-refractivity contribution >= 4 is 33.5 Å². The van der Waals surface area contributed by atoms with Gasteiger partial charge in [0.15, 0.2) is 11.1 Å². The Balaban J connectivity index is 2.08. The molecule has 2 aromatic rings. The highest BCUT2D eigenvalue weighted by Crippen LogP contribution is 2.54. The van der Waals surface area contributed by atoms with Gasteiger partial charge in [-0.15, -0.1) is 0 Å². The molecule has 0 aliphatic carbocycles. The molecule has 0 bridgehead atoms. The first-order valence-corrected chi connectivity index (χ1v) is 9.51. The third-order valence-electron chi connectivity index (χ3n) is 4.29. The number of nitrogens with zero attached hydrogens (tertiary/aromatic N) is 1. The molecule has 2 heterocycles. The highest BCUT2D eigenvalue weighted by Gasteiger charge is 2.46. The summed E-state index contributed by atoms with van der Waals surface area (Å²) in [7, 11) is 0. The quantitative estimate of drug-likeness (QED) is 0.642. The van der Waals surface area contributed by atoms with Crippen molar-refractivity contribution in [2.45, 2.75) is 37.3 Å². The van der Waals surface area contributed by atoms with E-state index in [4.69, 9.17) is 26.2 Å². The molecule has 0 spiro atoms. The van der Waals surface area contributed by atoms with Crippen LogP contribution in [-0.4, -0.2) is 22.7 Å². The third-order valence-corrected chi connectivity index (χ3v) is 5.58. The molecule has 0 amide bonds. The van der Waals surface area contributed by atoms with Gasteiger partial charge in [-0.3, -0.25) is 0 Å². The normalized spacial score (nSPS) is 21.5. The van der Waals surface area contributed by atoms with Crippen LogP contribution in [0.1, 0.15) is 48.3 Å². The summed E-state index contributed by atoms with van der Waals surface area (Å²) in [5.41, 5.74) is 3.55. The number of aliphatic carboxylic acids is 1. The van der Waals surface area contributed by atoms with Crippen molar-refractivity contribution in [3.63, 3.8) is 0 Å². The van der Waals surface area contributed by atoms with E-state index in [0.717, 1.165) is 35.2 Å². The van der Waals surface area contributed by atoms with Crippen molar-refractivity contribution in [1.29, 1.82) is 0 Å². The van der Waals surface area contributed by atoms with Gasteiger partial charge >= 0.3 is 5.97 Å². The number of aryl methyl sites for hydroxylation is 1. The Morgan fingerprint density at radius 3 is 2.73 bits per heavy atom. The van der Waals surface area contributed by atoms with E-state index in [1.807, 2.05) is 31.2 Å². The summed E-state index contributed by atoms with van der Waals surface area (Å²) in [6.07, 6.45) is 1.63. The molecular formula is C19H19BrClNO4. The summed E-state index contributed by atoms with van der Waals surface area (Å²) in [5.74, 6) is -0.747. The molecule has 26 heavy (non-hydrogen) atoms. The Morgan fingerprint density at radius 2 is 2.12 bits per heavy atom.